The van der Waals surface area contributed by atoms with Gasteiger partial charge in [-0.05, 0) is 12.8 Å². The molecule has 2 atom stereocenters. The summed E-state index contributed by atoms with van der Waals surface area (Å²) >= 11 is 3.37. The molecule has 0 spiro atoms. The maximum absolute atomic E-state index is 5.28. The van der Waals surface area contributed by atoms with E-state index in [1.54, 1.807) is 0 Å². The predicted octanol–water partition coefficient (Wildman–Crippen LogP) is 1.95. The minimum Gasteiger partial charge on any atom is -0.370 e. The van der Waals surface area contributed by atoms with Gasteiger partial charge in [-0.2, -0.15) is 0 Å². The van der Waals surface area contributed by atoms with E-state index in [1.807, 2.05) is 0 Å². The molecular weight excluding hydrogens is 168 g/mol. The van der Waals surface area contributed by atoms with Crippen LogP contribution in [0.3, 0.4) is 0 Å². The van der Waals surface area contributed by atoms with E-state index in [0.29, 0.717) is 12.2 Å². The van der Waals surface area contributed by atoms with Crippen molar-refractivity contribution in [2.75, 3.05) is 5.33 Å². The van der Waals surface area contributed by atoms with Crippen molar-refractivity contribution in [3.05, 3.63) is 0 Å². The molecule has 0 aromatic carbocycles. The lowest BCUT2D eigenvalue weighted by Crippen LogP contribution is -1.91. The third-order valence-electron chi connectivity index (χ3n) is 1.48. The van der Waals surface area contributed by atoms with Crippen LogP contribution in [0.15, 0.2) is 0 Å². The smallest absolute Gasteiger partial charge is 0.0849 e. The topological polar surface area (TPSA) is 12.5 Å². The quantitative estimate of drug-likeness (QED) is 0.476. The maximum atomic E-state index is 5.28. The number of epoxide rings is 1. The predicted molar refractivity (Wildman–Crippen MR) is 37.4 cm³/mol. The molecule has 48 valence electrons. The summed E-state index contributed by atoms with van der Waals surface area (Å²) < 4.78 is 5.28. The van der Waals surface area contributed by atoms with Crippen LogP contribution in [-0.2, 0) is 4.74 Å². The van der Waals surface area contributed by atoms with Crippen LogP contribution >= 0.6 is 15.9 Å². The lowest BCUT2D eigenvalue weighted by molar-refractivity contribution is 0.364. The second-order valence-electron chi connectivity index (χ2n) is 2.10. The second kappa shape index (κ2) is 2.83. The zero-order valence-electron chi connectivity index (χ0n) is 5.06. The number of alkyl halides is 1. The molecule has 1 saturated heterocycles. The van der Waals surface area contributed by atoms with E-state index in [1.165, 1.54) is 12.8 Å². The highest BCUT2D eigenvalue weighted by Gasteiger charge is 2.35. The Labute approximate surface area is 58.5 Å². The van der Waals surface area contributed by atoms with Crippen LogP contribution in [0.25, 0.3) is 0 Å². The summed E-state index contributed by atoms with van der Waals surface area (Å²) in [5.41, 5.74) is 0. The zero-order valence-corrected chi connectivity index (χ0v) is 6.65. The van der Waals surface area contributed by atoms with Gasteiger partial charge in [-0.15, -0.1) is 0 Å². The number of ether oxygens (including phenoxy) is 1. The van der Waals surface area contributed by atoms with Crippen molar-refractivity contribution in [1.82, 2.24) is 0 Å². The number of rotatable bonds is 3. The van der Waals surface area contributed by atoms with Gasteiger partial charge in [0.05, 0.1) is 12.2 Å². The average Bonchev–Trinajstić information content (AvgIpc) is 2.48. The molecule has 0 aromatic rings. The van der Waals surface area contributed by atoms with Gasteiger partial charge in [-0.25, -0.2) is 0 Å². The minimum atomic E-state index is 0.583. The van der Waals surface area contributed by atoms with E-state index in [4.69, 9.17) is 4.74 Å². The van der Waals surface area contributed by atoms with E-state index in [-0.39, 0.29) is 0 Å². The van der Waals surface area contributed by atoms with Crippen LogP contribution in [0.4, 0.5) is 0 Å². The van der Waals surface area contributed by atoms with Crippen molar-refractivity contribution in [3.63, 3.8) is 0 Å². The number of hydrogen-bond acceptors (Lipinski definition) is 1. The fourth-order valence-electron chi connectivity index (χ4n) is 0.900. The molecule has 1 heterocycles. The first-order valence-corrected chi connectivity index (χ1v) is 4.22. The van der Waals surface area contributed by atoms with E-state index in [9.17, 15) is 0 Å². The van der Waals surface area contributed by atoms with Crippen molar-refractivity contribution in [3.8, 4) is 0 Å². The van der Waals surface area contributed by atoms with Crippen LogP contribution in [0.5, 0.6) is 0 Å². The first kappa shape index (κ1) is 6.56. The standard InChI is InChI=1S/C6H11BrO/c1-2-5-6(8-5)3-4-7/h5-6H,2-4H2,1H3/t5-,6-/m1/s1. The Hall–Kier alpha value is 0.440. The van der Waals surface area contributed by atoms with Crippen molar-refractivity contribution >= 4 is 15.9 Å². The monoisotopic (exact) mass is 178 g/mol. The Morgan fingerprint density at radius 3 is 2.62 bits per heavy atom. The Bertz CT molecular complexity index is 74.9. The molecule has 1 nitrogen and oxygen atoms in total. The van der Waals surface area contributed by atoms with Crippen molar-refractivity contribution in [1.29, 1.82) is 0 Å². The Balaban J connectivity index is 1.99. The molecule has 8 heavy (non-hydrogen) atoms. The van der Waals surface area contributed by atoms with Gasteiger partial charge in [-0.3, -0.25) is 0 Å². The van der Waals surface area contributed by atoms with E-state index in [0.717, 1.165) is 5.33 Å². The van der Waals surface area contributed by atoms with Crippen LogP contribution < -0.4 is 0 Å². The molecule has 0 bridgehead atoms. The highest BCUT2D eigenvalue weighted by Crippen LogP contribution is 2.27. The Morgan fingerprint density at radius 2 is 2.25 bits per heavy atom. The molecule has 0 unspecified atom stereocenters. The largest absolute Gasteiger partial charge is 0.370 e. The zero-order chi connectivity index (χ0) is 5.98. The van der Waals surface area contributed by atoms with E-state index < -0.39 is 0 Å². The highest BCUT2D eigenvalue weighted by atomic mass is 79.9. The van der Waals surface area contributed by atoms with Gasteiger partial charge in [0.1, 0.15) is 0 Å². The normalized spacial score (nSPS) is 35.2. The van der Waals surface area contributed by atoms with Gasteiger partial charge in [-0.1, -0.05) is 22.9 Å². The van der Waals surface area contributed by atoms with E-state index >= 15 is 0 Å². The van der Waals surface area contributed by atoms with Crippen LogP contribution in [0.2, 0.25) is 0 Å². The summed E-state index contributed by atoms with van der Waals surface area (Å²) in [4.78, 5) is 0. The highest BCUT2D eigenvalue weighted by molar-refractivity contribution is 9.09. The summed E-state index contributed by atoms with van der Waals surface area (Å²) in [6.45, 7) is 2.17. The fourth-order valence-corrected chi connectivity index (χ4v) is 1.35. The molecule has 1 aliphatic heterocycles. The minimum absolute atomic E-state index is 0.583. The summed E-state index contributed by atoms with van der Waals surface area (Å²) in [7, 11) is 0. The third-order valence-corrected chi connectivity index (χ3v) is 1.94. The summed E-state index contributed by atoms with van der Waals surface area (Å²) in [6.07, 6.45) is 3.53. The lowest BCUT2D eigenvalue weighted by atomic mass is 10.2. The van der Waals surface area contributed by atoms with Gasteiger partial charge in [0.25, 0.3) is 0 Å². The average molecular weight is 179 g/mol. The first-order chi connectivity index (χ1) is 3.88. The molecular formula is C6H11BrO. The molecule has 0 radical (unpaired) electrons. The van der Waals surface area contributed by atoms with Gasteiger partial charge in [0, 0.05) is 5.33 Å². The van der Waals surface area contributed by atoms with Crippen LogP contribution in [0.1, 0.15) is 19.8 Å². The molecule has 0 aromatic heterocycles. The number of halogens is 1. The molecule has 0 N–H and O–H groups in total. The van der Waals surface area contributed by atoms with Gasteiger partial charge < -0.3 is 4.74 Å². The van der Waals surface area contributed by atoms with Crippen molar-refractivity contribution in [2.24, 2.45) is 0 Å². The van der Waals surface area contributed by atoms with Gasteiger partial charge >= 0.3 is 0 Å². The molecule has 1 rings (SSSR count). The van der Waals surface area contributed by atoms with E-state index in [2.05, 4.69) is 22.9 Å². The summed E-state index contributed by atoms with van der Waals surface area (Å²) in [6, 6.07) is 0. The number of hydrogen-bond donors (Lipinski definition) is 0. The van der Waals surface area contributed by atoms with Gasteiger partial charge in [0.2, 0.25) is 0 Å². The molecule has 0 amide bonds. The Kier molecular flexibility index (Phi) is 2.32. The van der Waals surface area contributed by atoms with Gasteiger partial charge in [0.15, 0.2) is 0 Å². The third kappa shape index (κ3) is 1.46. The maximum Gasteiger partial charge on any atom is 0.0849 e. The van der Waals surface area contributed by atoms with Crippen molar-refractivity contribution < 1.29 is 4.74 Å². The molecule has 0 aliphatic carbocycles. The molecule has 1 aliphatic rings. The van der Waals surface area contributed by atoms with Crippen LogP contribution in [0, 0.1) is 0 Å². The SMILES string of the molecule is CC[C@H]1O[C@@H]1CCBr. The molecule has 2 heteroatoms. The van der Waals surface area contributed by atoms with Crippen LogP contribution in [-0.4, -0.2) is 17.5 Å². The fraction of sp³-hybridized carbons (Fsp3) is 1.00. The summed E-state index contributed by atoms with van der Waals surface area (Å²) in [5, 5.41) is 1.08. The molecule has 0 saturated carbocycles. The first-order valence-electron chi connectivity index (χ1n) is 3.10. The second-order valence-corrected chi connectivity index (χ2v) is 2.89. The molecule has 1 fully saturated rings. The summed E-state index contributed by atoms with van der Waals surface area (Å²) in [5.74, 6) is 0. The lowest BCUT2D eigenvalue weighted by Gasteiger charge is -1.83. The van der Waals surface area contributed by atoms with Crippen molar-refractivity contribution in [2.45, 2.75) is 32.0 Å². The Morgan fingerprint density at radius 1 is 1.50 bits per heavy atom.